The Hall–Kier alpha value is -0.0600. The Bertz CT molecular complexity index is 313. The van der Waals surface area contributed by atoms with Crippen molar-refractivity contribution in [2.75, 3.05) is 6.54 Å². The minimum Gasteiger partial charge on any atom is -0.465 e. The van der Waals surface area contributed by atoms with Gasteiger partial charge in [-0.15, -0.1) is 0 Å². The van der Waals surface area contributed by atoms with E-state index in [1.165, 1.54) is 0 Å². The molecule has 0 atom stereocenters. The van der Waals surface area contributed by atoms with Crippen LogP contribution in [0.1, 0.15) is 0 Å². The fourth-order valence-electron chi connectivity index (χ4n) is 0.782. The highest BCUT2D eigenvalue weighted by atomic mass is 127. The molecular formula is C6H7I2N3O2. The van der Waals surface area contributed by atoms with Crippen molar-refractivity contribution < 1.29 is 9.90 Å². The third-order valence-corrected chi connectivity index (χ3v) is 4.31. The normalized spacial score (nSPS) is 10.0. The van der Waals surface area contributed by atoms with Crippen LogP contribution in [0.2, 0.25) is 0 Å². The van der Waals surface area contributed by atoms with Gasteiger partial charge in [-0.3, -0.25) is 0 Å². The highest BCUT2D eigenvalue weighted by Crippen LogP contribution is 2.12. The molecular weight excluding hydrogens is 400 g/mol. The van der Waals surface area contributed by atoms with Crippen LogP contribution in [-0.4, -0.2) is 27.3 Å². The molecule has 7 heteroatoms. The summed E-state index contributed by atoms with van der Waals surface area (Å²) in [5, 5.41) is 10.6. The highest BCUT2D eigenvalue weighted by molar-refractivity contribution is 14.1. The van der Waals surface area contributed by atoms with Crippen LogP contribution in [0.3, 0.4) is 0 Å². The maximum absolute atomic E-state index is 10.1. The predicted molar refractivity (Wildman–Crippen MR) is 63.7 cm³/mol. The van der Waals surface area contributed by atoms with Crippen molar-refractivity contribution in [3.63, 3.8) is 0 Å². The van der Waals surface area contributed by atoms with Crippen LogP contribution in [0, 0.1) is 7.40 Å². The number of carboxylic acid groups (broad SMARTS) is 1. The van der Waals surface area contributed by atoms with Gasteiger partial charge in [0.25, 0.3) is 0 Å². The zero-order valence-corrected chi connectivity index (χ0v) is 10.8. The number of nitrogens with zero attached hydrogens (tertiary/aromatic N) is 2. The van der Waals surface area contributed by atoms with Gasteiger partial charge in [-0.05, 0) is 45.2 Å². The third-order valence-electron chi connectivity index (χ3n) is 1.36. The van der Waals surface area contributed by atoms with E-state index in [0.29, 0.717) is 13.1 Å². The van der Waals surface area contributed by atoms with E-state index in [2.05, 4.69) is 55.5 Å². The van der Waals surface area contributed by atoms with Gasteiger partial charge in [0.05, 0.1) is 6.33 Å². The molecule has 0 unspecified atom stereocenters. The van der Waals surface area contributed by atoms with E-state index in [1.807, 2.05) is 4.57 Å². The number of hydrogen-bond donors (Lipinski definition) is 2. The number of halogens is 2. The number of aromatic nitrogens is 2. The summed E-state index contributed by atoms with van der Waals surface area (Å²) >= 11 is 4.31. The van der Waals surface area contributed by atoms with Crippen LogP contribution in [0.5, 0.6) is 0 Å². The largest absolute Gasteiger partial charge is 0.465 e. The first-order valence-corrected chi connectivity index (χ1v) is 5.60. The summed E-state index contributed by atoms with van der Waals surface area (Å²) in [5.41, 5.74) is 0. The Morgan fingerprint density at radius 1 is 1.69 bits per heavy atom. The molecule has 13 heavy (non-hydrogen) atoms. The highest BCUT2D eigenvalue weighted by Gasteiger charge is 2.04. The van der Waals surface area contributed by atoms with Crippen molar-refractivity contribution >= 4 is 51.3 Å². The molecule has 72 valence electrons. The molecule has 0 bridgehead atoms. The first-order valence-electron chi connectivity index (χ1n) is 3.44. The van der Waals surface area contributed by atoms with E-state index in [4.69, 9.17) is 5.11 Å². The molecule has 0 aliphatic heterocycles. The quantitative estimate of drug-likeness (QED) is 0.745. The molecule has 1 aromatic heterocycles. The van der Waals surface area contributed by atoms with Crippen molar-refractivity contribution in [3.05, 3.63) is 13.7 Å². The second kappa shape index (κ2) is 4.98. The van der Waals surface area contributed by atoms with Gasteiger partial charge < -0.3 is 15.0 Å². The molecule has 2 N–H and O–H groups in total. The predicted octanol–water partition coefficient (Wildman–Crippen LogP) is 1.36. The van der Waals surface area contributed by atoms with Crippen LogP contribution in [0.4, 0.5) is 4.79 Å². The summed E-state index contributed by atoms with van der Waals surface area (Å²) < 4.78 is 3.87. The molecule has 0 aliphatic carbocycles. The van der Waals surface area contributed by atoms with E-state index >= 15 is 0 Å². The molecule has 1 rings (SSSR count). The van der Waals surface area contributed by atoms with Crippen LogP contribution < -0.4 is 5.32 Å². The molecule has 1 aromatic rings. The molecule has 5 nitrogen and oxygen atoms in total. The Balaban J connectivity index is 2.45. The molecule has 1 heterocycles. The number of amides is 1. The van der Waals surface area contributed by atoms with Gasteiger partial charge in [0, 0.05) is 13.1 Å². The number of imidazole rings is 1. The summed E-state index contributed by atoms with van der Waals surface area (Å²) in [7, 11) is 0. The van der Waals surface area contributed by atoms with Crippen LogP contribution in [0.25, 0.3) is 0 Å². The summed E-state index contributed by atoms with van der Waals surface area (Å²) in [6, 6.07) is 0. The van der Waals surface area contributed by atoms with E-state index in [0.717, 1.165) is 7.40 Å². The number of rotatable bonds is 3. The lowest BCUT2D eigenvalue weighted by Gasteiger charge is -2.03. The van der Waals surface area contributed by atoms with Crippen LogP contribution in [0.15, 0.2) is 6.33 Å². The summed E-state index contributed by atoms with van der Waals surface area (Å²) in [5.74, 6) is 0. The van der Waals surface area contributed by atoms with Crippen molar-refractivity contribution in [1.82, 2.24) is 14.9 Å². The van der Waals surface area contributed by atoms with Gasteiger partial charge in [0.1, 0.15) is 7.40 Å². The van der Waals surface area contributed by atoms with Crippen molar-refractivity contribution in [3.8, 4) is 0 Å². The molecule has 0 radical (unpaired) electrons. The minimum atomic E-state index is -0.996. The lowest BCUT2D eigenvalue weighted by Crippen LogP contribution is -2.25. The molecule has 0 spiro atoms. The average Bonchev–Trinajstić information content (AvgIpc) is 2.35. The van der Waals surface area contributed by atoms with Crippen molar-refractivity contribution in [2.45, 2.75) is 6.54 Å². The first kappa shape index (κ1) is 11.0. The van der Waals surface area contributed by atoms with Gasteiger partial charge in [-0.25, -0.2) is 9.78 Å². The standard InChI is InChI=1S/C6H7I2N3O2/c7-4-5(8)11(3-10-4)2-1-9-6(12)13/h3,9H,1-2H2,(H,12,13). The van der Waals surface area contributed by atoms with E-state index in [1.54, 1.807) is 6.33 Å². The van der Waals surface area contributed by atoms with Crippen LogP contribution >= 0.6 is 45.2 Å². The third kappa shape index (κ3) is 3.29. The Kier molecular flexibility index (Phi) is 4.22. The first-order chi connectivity index (χ1) is 6.11. The van der Waals surface area contributed by atoms with Gasteiger partial charge in [-0.2, -0.15) is 0 Å². The SMILES string of the molecule is O=C(O)NCCn1cnc(I)c1I. The molecule has 1 amide bonds. The summed E-state index contributed by atoms with van der Waals surface area (Å²) in [6.07, 6.45) is 0.706. The van der Waals surface area contributed by atoms with Crippen molar-refractivity contribution in [2.24, 2.45) is 0 Å². The van der Waals surface area contributed by atoms with Crippen LogP contribution in [-0.2, 0) is 6.54 Å². The topological polar surface area (TPSA) is 67.2 Å². The summed E-state index contributed by atoms with van der Waals surface area (Å²) in [6.45, 7) is 1.01. The van der Waals surface area contributed by atoms with Crippen molar-refractivity contribution in [1.29, 1.82) is 0 Å². The second-order valence-electron chi connectivity index (χ2n) is 2.25. The molecule has 0 fully saturated rings. The fraction of sp³-hybridized carbons (Fsp3) is 0.333. The lowest BCUT2D eigenvalue weighted by molar-refractivity contribution is 0.194. The van der Waals surface area contributed by atoms with Gasteiger partial charge in [-0.1, -0.05) is 0 Å². The number of hydrogen-bond acceptors (Lipinski definition) is 2. The summed E-state index contributed by atoms with van der Waals surface area (Å²) in [4.78, 5) is 14.2. The number of nitrogens with one attached hydrogen (secondary N) is 1. The van der Waals surface area contributed by atoms with E-state index in [-0.39, 0.29) is 0 Å². The molecule has 0 aliphatic rings. The van der Waals surface area contributed by atoms with E-state index < -0.39 is 6.09 Å². The maximum atomic E-state index is 10.1. The van der Waals surface area contributed by atoms with Gasteiger partial charge in [0.2, 0.25) is 0 Å². The zero-order chi connectivity index (χ0) is 9.84. The Labute approximate surface area is 102 Å². The average molecular weight is 407 g/mol. The fourth-order valence-corrected chi connectivity index (χ4v) is 1.72. The molecule has 0 aromatic carbocycles. The molecule has 0 saturated heterocycles. The number of carbonyl (C=O) groups is 1. The van der Waals surface area contributed by atoms with E-state index in [9.17, 15) is 4.79 Å². The molecule has 0 saturated carbocycles. The second-order valence-corrected chi connectivity index (χ2v) is 4.30. The monoisotopic (exact) mass is 407 g/mol. The Morgan fingerprint density at radius 3 is 2.85 bits per heavy atom. The zero-order valence-electron chi connectivity index (χ0n) is 6.50. The maximum Gasteiger partial charge on any atom is 0.404 e. The lowest BCUT2D eigenvalue weighted by atomic mass is 10.6. The smallest absolute Gasteiger partial charge is 0.404 e. The Morgan fingerprint density at radius 2 is 2.38 bits per heavy atom. The van der Waals surface area contributed by atoms with Gasteiger partial charge >= 0.3 is 6.09 Å². The van der Waals surface area contributed by atoms with Gasteiger partial charge in [0.15, 0.2) is 0 Å². The minimum absolute atomic E-state index is 0.401.